The van der Waals surface area contributed by atoms with Crippen molar-refractivity contribution in [1.82, 2.24) is 20.5 Å². The Morgan fingerprint density at radius 1 is 1.08 bits per heavy atom. The molecule has 1 aliphatic heterocycles. The fraction of sp³-hybridized carbons (Fsp3) is 0.462. The first-order valence-corrected chi connectivity index (χ1v) is 17.1. The second kappa shape index (κ2) is 13.9. The molecule has 51 heavy (non-hydrogen) atoms. The summed E-state index contributed by atoms with van der Waals surface area (Å²) in [6, 6.07) is 13.0. The quantitative estimate of drug-likeness (QED) is 0.228. The van der Waals surface area contributed by atoms with Crippen LogP contribution in [0.5, 0.6) is 11.5 Å². The van der Waals surface area contributed by atoms with Crippen LogP contribution < -0.4 is 20.1 Å². The summed E-state index contributed by atoms with van der Waals surface area (Å²) in [6.07, 6.45) is 0.308. The number of pyridine rings is 1. The number of carboxylic acids is 1. The molecule has 2 heterocycles. The Bertz CT molecular complexity index is 1860. The van der Waals surface area contributed by atoms with E-state index in [9.17, 15) is 24.3 Å². The summed E-state index contributed by atoms with van der Waals surface area (Å²) >= 11 is 0. The molecule has 3 amide bonds. The highest BCUT2D eigenvalue weighted by atomic mass is 16.6. The van der Waals surface area contributed by atoms with Gasteiger partial charge in [-0.3, -0.25) is 9.59 Å². The number of aromatic nitrogens is 1. The van der Waals surface area contributed by atoms with Crippen molar-refractivity contribution < 1.29 is 38.5 Å². The average molecular weight is 701 g/mol. The van der Waals surface area contributed by atoms with Crippen LogP contribution in [0.1, 0.15) is 59.9 Å². The van der Waals surface area contributed by atoms with E-state index >= 15 is 0 Å². The first-order valence-electron chi connectivity index (χ1n) is 17.1. The van der Waals surface area contributed by atoms with Crippen molar-refractivity contribution in [2.24, 2.45) is 11.3 Å². The maximum absolute atomic E-state index is 14.5. The lowest BCUT2D eigenvalue weighted by Crippen LogP contribution is -2.59. The summed E-state index contributed by atoms with van der Waals surface area (Å²) in [5.41, 5.74) is 0.128. The number of amides is 3. The predicted octanol–water partition coefficient (Wildman–Crippen LogP) is 5.65. The molecule has 5 rings (SSSR count). The van der Waals surface area contributed by atoms with Crippen molar-refractivity contribution in [1.29, 1.82) is 0 Å². The molecule has 2 aromatic carbocycles. The Kier molecular flexibility index (Phi) is 10.1. The Labute approximate surface area is 298 Å². The number of rotatable bonds is 10. The summed E-state index contributed by atoms with van der Waals surface area (Å²) in [5.74, 6) is -1.66. The lowest BCUT2D eigenvalue weighted by Gasteiger charge is -2.35. The van der Waals surface area contributed by atoms with Gasteiger partial charge < -0.3 is 34.9 Å². The molecular formula is C39H48N4O8. The van der Waals surface area contributed by atoms with Gasteiger partial charge in [0, 0.05) is 35.4 Å². The van der Waals surface area contributed by atoms with Crippen LogP contribution in [0.2, 0.25) is 0 Å². The second-order valence-electron chi connectivity index (χ2n) is 15.4. The fourth-order valence-corrected chi connectivity index (χ4v) is 6.51. The van der Waals surface area contributed by atoms with Crippen molar-refractivity contribution in [3.8, 4) is 22.8 Å². The molecule has 272 valence electrons. The minimum absolute atomic E-state index is 0.00980. The number of ether oxygens (including phenoxy) is 3. The summed E-state index contributed by atoms with van der Waals surface area (Å²) in [6.45, 7) is 16.3. The normalized spacial score (nSPS) is 22.1. The smallest absolute Gasteiger partial charge is 0.408 e. The largest absolute Gasteiger partial charge is 0.497 e. The zero-order valence-corrected chi connectivity index (χ0v) is 30.5. The monoisotopic (exact) mass is 700 g/mol. The number of hydrogen-bond donors (Lipinski definition) is 3. The highest BCUT2D eigenvalue weighted by Crippen LogP contribution is 2.45. The Hall–Kier alpha value is -5.13. The number of hydrogen-bond acceptors (Lipinski definition) is 8. The van der Waals surface area contributed by atoms with Crippen LogP contribution in [0.4, 0.5) is 4.79 Å². The maximum atomic E-state index is 14.5. The predicted molar refractivity (Wildman–Crippen MR) is 192 cm³/mol. The highest BCUT2D eigenvalue weighted by Gasteiger charge is 2.61. The van der Waals surface area contributed by atoms with Gasteiger partial charge >= 0.3 is 12.1 Å². The van der Waals surface area contributed by atoms with Crippen molar-refractivity contribution in [2.75, 3.05) is 13.7 Å². The van der Waals surface area contributed by atoms with Gasteiger partial charge in [0.05, 0.1) is 24.9 Å². The van der Waals surface area contributed by atoms with Gasteiger partial charge in [0.2, 0.25) is 11.8 Å². The third kappa shape index (κ3) is 7.95. The zero-order valence-electron chi connectivity index (χ0n) is 30.5. The average Bonchev–Trinajstić information content (AvgIpc) is 3.61. The molecular weight excluding hydrogens is 652 g/mol. The highest BCUT2D eigenvalue weighted by molar-refractivity contribution is 5.96. The van der Waals surface area contributed by atoms with Gasteiger partial charge in [-0.1, -0.05) is 51.1 Å². The number of alkyl carbamates (subject to hydrolysis) is 1. The number of carbonyl (C=O) groups excluding carboxylic acids is 3. The number of nitrogens with zero attached hydrogens (tertiary/aromatic N) is 2. The van der Waals surface area contributed by atoms with Gasteiger partial charge in [-0.05, 0) is 57.2 Å². The van der Waals surface area contributed by atoms with E-state index < -0.39 is 64.5 Å². The minimum atomic E-state index is -1.51. The zero-order chi connectivity index (χ0) is 37.5. The van der Waals surface area contributed by atoms with Gasteiger partial charge in [0.1, 0.15) is 40.8 Å². The number of likely N-dealkylation sites (tertiary alicyclic amines) is 1. The van der Waals surface area contributed by atoms with Gasteiger partial charge in [-0.15, -0.1) is 6.58 Å². The van der Waals surface area contributed by atoms with E-state index in [2.05, 4.69) is 17.2 Å². The molecule has 3 aromatic rings. The van der Waals surface area contributed by atoms with Crippen LogP contribution in [0.25, 0.3) is 22.2 Å². The number of benzene rings is 2. The van der Waals surface area contributed by atoms with Gasteiger partial charge in [-0.25, -0.2) is 14.6 Å². The molecule has 0 bridgehead atoms. The number of methoxy groups -OCH3 is 1. The molecule has 0 radical (unpaired) electrons. The van der Waals surface area contributed by atoms with Crippen molar-refractivity contribution in [2.45, 2.75) is 90.6 Å². The Balaban J connectivity index is 1.52. The summed E-state index contributed by atoms with van der Waals surface area (Å²) < 4.78 is 17.6. The van der Waals surface area contributed by atoms with E-state index in [4.69, 9.17) is 19.2 Å². The van der Waals surface area contributed by atoms with E-state index in [1.807, 2.05) is 49.4 Å². The van der Waals surface area contributed by atoms with Crippen LogP contribution >= 0.6 is 0 Å². The van der Waals surface area contributed by atoms with E-state index in [0.717, 1.165) is 11.1 Å². The third-order valence-electron chi connectivity index (χ3n) is 9.34. The Morgan fingerprint density at radius 2 is 1.78 bits per heavy atom. The topological polar surface area (TPSA) is 156 Å². The molecule has 1 unspecified atom stereocenters. The summed E-state index contributed by atoms with van der Waals surface area (Å²) in [5, 5.41) is 16.2. The van der Waals surface area contributed by atoms with Gasteiger partial charge in [-0.2, -0.15) is 0 Å². The lowest BCUT2D eigenvalue weighted by molar-refractivity contribution is -0.146. The van der Waals surface area contributed by atoms with Gasteiger partial charge in [0.15, 0.2) is 0 Å². The maximum Gasteiger partial charge on any atom is 0.408 e. The van der Waals surface area contributed by atoms with Crippen molar-refractivity contribution >= 4 is 34.8 Å². The lowest BCUT2D eigenvalue weighted by atomic mass is 9.85. The number of nitrogens with one attached hydrogen (secondary N) is 2. The van der Waals surface area contributed by atoms with Crippen LogP contribution in [-0.4, -0.2) is 81.8 Å². The molecule has 0 spiro atoms. The number of carboxylic acid groups (broad SMARTS) is 1. The molecule has 2 aliphatic rings. The first kappa shape index (κ1) is 37.1. The third-order valence-corrected chi connectivity index (χ3v) is 9.34. The van der Waals surface area contributed by atoms with Crippen LogP contribution in [0, 0.1) is 18.3 Å². The van der Waals surface area contributed by atoms with Crippen LogP contribution in [0.15, 0.2) is 61.2 Å². The molecule has 12 nitrogen and oxygen atoms in total. The van der Waals surface area contributed by atoms with E-state index in [0.29, 0.717) is 28.1 Å². The standard InChI is InChI=1S/C39H48N4O8/c1-10-23-20-39(23,35(46)47)42-33(44)30-18-25(21-43(30)34(45)32(37(3,4)5)41-36(48)51-38(6,7)8)50-31-19-29(26-14-12-11-13-22(26)2)40-28-17-24(49-9)15-16-27(28)31/h10-17,19,23,25,30,32H,1,18,20-21H2,2-9H3,(H,41,48)(H,42,44)(H,46,47)/t23-,25+,30-,32+,39?/m0/s1. The summed E-state index contributed by atoms with van der Waals surface area (Å²) in [4.78, 5) is 60.0. The van der Waals surface area contributed by atoms with Crippen molar-refractivity contribution in [3.63, 3.8) is 0 Å². The molecule has 3 N–H and O–H groups in total. The first-order chi connectivity index (χ1) is 23.9. The van der Waals surface area contributed by atoms with Crippen molar-refractivity contribution in [3.05, 3.63) is 66.7 Å². The van der Waals surface area contributed by atoms with Crippen LogP contribution in [0.3, 0.4) is 0 Å². The molecule has 1 saturated heterocycles. The summed E-state index contributed by atoms with van der Waals surface area (Å²) in [7, 11) is 1.58. The van der Waals surface area contributed by atoms with Gasteiger partial charge in [0.25, 0.3) is 0 Å². The fourth-order valence-electron chi connectivity index (χ4n) is 6.51. The second-order valence-corrected chi connectivity index (χ2v) is 15.4. The van der Waals surface area contributed by atoms with E-state index in [-0.39, 0.29) is 19.4 Å². The van der Waals surface area contributed by atoms with E-state index in [1.54, 1.807) is 54.7 Å². The number of aryl methyl sites for hydroxylation is 1. The molecule has 12 heteroatoms. The molecule has 1 aromatic heterocycles. The minimum Gasteiger partial charge on any atom is -0.497 e. The molecule has 1 aliphatic carbocycles. The number of fused-ring (bicyclic) bond motifs is 1. The SMILES string of the molecule is C=C[C@H]1CC1(NC(=O)[C@@H]1C[C@@H](Oc2cc(-c3ccccc3C)nc3cc(OC)ccc23)CN1C(=O)[C@@H](NC(=O)OC(C)(C)C)C(C)(C)C)C(=O)O. The molecule has 1 saturated carbocycles. The molecule has 2 fully saturated rings. The molecule has 5 atom stereocenters. The Morgan fingerprint density at radius 3 is 2.37 bits per heavy atom. The van der Waals surface area contributed by atoms with Crippen LogP contribution in [-0.2, 0) is 19.1 Å². The number of carbonyl (C=O) groups is 4. The van der Waals surface area contributed by atoms with E-state index in [1.165, 1.54) is 11.0 Å². The number of aliphatic carboxylic acids is 1.